The van der Waals surface area contributed by atoms with Crippen LogP contribution < -0.4 is 5.32 Å². The third kappa shape index (κ3) is 2.54. The van der Waals surface area contributed by atoms with Crippen molar-refractivity contribution >= 4 is 5.95 Å². The van der Waals surface area contributed by atoms with E-state index in [1.807, 2.05) is 0 Å². The number of anilines is 1. The number of hydrogen-bond acceptors (Lipinski definition) is 8. The standard InChI is InChI=1S/C12H8F3N5O5/c13-12(14,15)10-17-11-16-3-5(20(24)25)7(19(11)18-10)4-1-2-6(21)9(23)8(4)22/h1-3,7,21-23H,(H,16,17,18). The molecule has 0 fully saturated rings. The summed E-state index contributed by atoms with van der Waals surface area (Å²) in [5.74, 6) is -4.61. The molecule has 3 rings (SSSR count). The van der Waals surface area contributed by atoms with E-state index < -0.39 is 51.9 Å². The SMILES string of the molecule is O=[N+]([O-])C1=CNc2nc(C(F)(F)F)nn2C1c1ccc(O)c(O)c1O. The summed E-state index contributed by atoms with van der Waals surface area (Å²) in [4.78, 5) is 13.6. The first-order valence-corrected chi connectivity index (χ1v) is 6.49. The van der Waals surface area contributed by atoms with Crippen molar-refractivity contribution in [3.63, 3.8) is 0 Å². The van der Waals surface area contributed by atoms with Gasteiger partial charge < -0.3 is 20.6 Å². The predicted molar refractivity (Wildman–Crippen MR) is 73.3 cm³/mol. The number of fused-ring (bicyclic) bond motifs is 1. The number of nitrogens with zero attached hydrogens (tertiary/aromatic N) is 4. The summed E-state index contributed by atoms with van der Waals surface area (Å²) >= 11 is 0. The van der Waals surface area contributed by atoms with Gasteiger partial charge in [-0.3, -0.25) is 10.1 Å². The molecule has 0 saturated carbocycles. The van der Waals surface area contributed by atoms with E-state index in [2.05, 4.69) is 15.4 Å². The number of nitrogens with one attached hydrogen (secondary N) is 1. The van der Waals surface area contributed by atoms with Gasteiger partial charge >= 0.3 is 6.18 Å². The van der Waals surface area contributed by atoms with E-state index in [4.69, 9.17) is 0 Å². The molecule has 25 heavy (non-hydrogen) atoms. The molecule has 2 heterocycles. The average molecular weight is 359 g/mol. The minimum Gasteiger partial charge on any atom is -0.504 e. The molecule has 10 nitrogen and oxygen atoms in total. The molecule has 0 aliphatic carbocycles. The largest absolute Gasteiger partial charge is 0.504 e. The average Bonchev–Trinajstić information content (AvgIpc) is 2.96. The van der Waals surface area contributed by atoms with Crippen molar-refractivity contribution in [1.29, 1.82) is 0 Å². The molecule has 0 bridgehead atoms. The van der Waals surface area contributed by atoms with Crippen molar-refractivity contribution in [2.24, 2.45) is 0 Å². The Morgan fingerprint density at radius 2 is 1.92 bits per heavy atom. The van der Waals surface area contributed by atoms with E-state index in [1.54, 1.807) is 0 Å². The fourth-order valence-electron chi connectivity index (χ4n) is 2.31. The first-order chi connectivity index (χ1) is 11.6. The van der Waals surface area contributed by atoms with E-state index in [1.165, 1.54) is 0 Å². The Hall–Kier alpha value is -3.51. The van der Waals surface area contributed by atoms with Crippen molar-refractivity contribution in [2.75, 3.05) is 5.32 Å². The number of allylic oxidation sites excluding steroid dienone is 1. The highest BCUT2D eigenvalue weighted by Gasteiger charge is 2.42. The third-order valence-electron chi connectivity index (χ3n) is 3.43. The van der Waals surface area contributed by atoms with Crippen molar-refractivity contribution < 1.29 is 33.4 Å². The molecule has 1 aliphatic heterocycles. The van der Waals surface area contributed by atoms with Crippen molar-refractivity contribution in [1.82, 2.24) is 14.8 Å². The highest BCUT2D eigenvalue weighted by atomic mass is 19.4. The third-order valence-corrected chi connectivity index (χ3v) is 3.43. The van der Waals surface area contributed by atoms with Gasteiger partial charge in [-0.1, -0.05) is 0 Å². The number of aromatic hydroxyl groups is 3. The zero-order chi connectivity index (χ0) is 18.5. The van der Waals surface area contributed by atoms with Crippen molar-refractivity contribution in [3.8, 4) is 17.2 Å². The predicted octanol–water partition coefficient (Wildman–Crippen LogP) is 1.55. The van der Waals surface area contributed by atoms with E-state index in [9.17, 15) is 38.6 Å². The minimum atomic E-state index is -4.90. The second-order valence-corrected chi connectivity index (χ2v) is 4.95. The Morgan fingerprint density at radius 1 is 1.24 bits per heavy atom. The molecule has 0 amide bonds. The summed E-state index contributed by atoms with van der Waals surface area (Å²) in [5.41, 5.74) is -1.01. The molecule has 1 atom stereocenters. The highest BCUT2D eigenvalue weighted by Crippen LogP contribution is 2.44. The minimum absolute atomic E-state index is 0.348. The molecule has 0 radical (unpaired) electrons. The van der Waals surface area contributed by atoms with Crippen LogP contribution in [0.5, 0.6) is 17.2 Å². The molecule has 1 unspecified atom stereocenters. The number of phenolic OH excluding ortho intramolecular Hbond substituents is 3. The van der Waals surface area contributed by atoms with Crippen LogP contribution in [0.25, 0.3) is 0 Å². The van der Waals surface area contributed by atoms with Gasteiger partial charge in [0.15, 0.2) is 17.5 Å². The van der Waals surface area contributed by atoms with Gasteiger partial charge in [-0.25, -0.2) is 4.68 Å². The molecule has 1 aromatic carbocycles. The number of nitro groups is 1. The number of phenols is 3. The lowest BCUT2D eigenvalue weighted by atomic mass is 10.0. The summed E-state index contributed by atoms with van der Waals surface area (Å²) in [6.45, 7) is 0. The Labute approximate surface area is 135 Å². The van der Waals surface area contributed by atoms with Crippen LogP contribution in [0.2, 0.25) is 0 Å². The zero-order valence-corrected chi connectivity index (χ0v) is 11.9. The number of hydrogen-bond donors (Lipinski definition) is 4. The molecule has 2 aromatic rings. The number of rotatable bonds is 2. The Morgan fingerprint density at radius 3 is 2.52 bits per heavy atom. The van der Waals surface area contributed by atoms with E-state index in [0.717, 1.165) is 18.3 Å². The van der Waals surface area contributed by atoms with Crippen LogP contribution in [0.4, 0.5) is 19.1 Å². The fourth-order valence-corrected chi connectivity index (χ4v) is 2.31. The number of halogens is 3. The molecule has 0 saturated heterocycles. The molecular formula is C12H8F3N5O5. The lowest BCUT2D eigenvalue weighted by Crippen LogP contribution is -2.25. The maximum Gasteiger partial charge on any atom is 0.453 e. The zero-order valence-electron chi connectivity index (χ0n) is 11.9. The molecule has 13 heteroatoms. The Kier molecular flexibility index (Phi) is 3.44. The Balaban J connectivity index is 2.23. The van der Waals surface area contributed by atoms with Crippen LogP contribution in [0.15, 0.2) is 24.0 Å². The summed E-state index contributed by atoms with van der Waals surface area (Å²) in [7, 11) is 0. The molecule has 1 aliphatic rings. The van der Waals surface area contributed by atoms with Crippen molar-refractivity contribution in [3.05, 3.63) is 45.5 Å². The van der Waals surface area contributed by atoms with Gasteiger partial charge in [-0.2, -0.15) is 18.2 Å². The molecule has 4 N–H and O–H groups in total. The number of aromatic nitrogens is 3. The van der Waals surface area contributed by atoms with Gasteiger partial charge in [0, 0.05) is 5.56 Å². The van der Waals surface area contributed by atoms with Crippen LogP contribution >= 0.6 is 0 Å². The molecular weight excluding hydrogens is 351 g/mol. The maximum atomic E-state index is 12.8. The van der Waals surface area contributed by atoms with Gasteiger partial charge in [0.2, 0.25) is 11.7 Å². The van der Waals surface area contributed by atoms with E-state index in [0.29, 0.717) is 4.68 Å². The second-order valence-electron chi connectivity index (χ2n) is 4.95. The molecule has 1 aromatic heterocycles. The number of benzene rings is 1. The Bertz CT molecular complexity index is 907. The van der Waals surface area contributed by atoms with Gasteiger partial charge in [-0.05, 0) is 12.1 Å². The quantitative estimate of drug-likeness (QED) is 0.359. The van der Waals surface area contributed by atoms with Crippen LogP contribution in [0, 0.1) is 10.1 Å². The first kappa shape index (κ1) is 16.4. The second kappa shape index (κ2) is 5.25. The van der Waals surface area contributed by atoms with E-state index in [-0.39, 0.29) is 5.56 Å². The van der Waals surface area contributed by atoms with Crippen LogP contribution in [-0.4, -0.2) is 35.0 Å². The van der Waals surface area contributed by atoms with Gasteiger partial charge in [0.1, 0.15) is 0 Å². The lowest BCUT2D eigenvalue weighted by molar-refractivity contribution is -0.431. The summed E-state index contributed by atoms with van der Waals surface area (Å²) in [6, 6.07) is 0.308. The highest BCUT2D eigenvalue weighted by molar-refractivity contribution is 5.56. The monoisotopic (exact) mass is 359 g/mol. The van der Waals surface area contributed by atoms with Gasteiger partial charge in [0.25, 0.3) is 11.5 Å². The lowest BCUT2D eigenvalue weighted by Gasteiger charge is -2.21. The summed E-state index contributed by atoms with van der Waals surface area (Å²) < 4.78 is 39.0. The topological polar surface area (TPSA) is 147 Å². The first-order valence-electron chi connectivity index (χ1n) is 6.49. The summed E-state index contributed by atoms with van der Waals surface area (Å²) in [5, 5.41) is 45.6. The van der Waals surface area contributed by atoms with Crippen LogP contribution in [0.3, 0.4) is 0 Å². The normalized spacial score (nSPS) is 16.8. The molecule has 132 valence electrons. The maximum absolute atomic E-state index is 12.8. The van der Waals surface area contributed by atoms with Crippen molar-refractivity contribution in [2.45, 2.75) is 12.2 Å². The van der Waals surface area contributed by atoms with Gasteiger partial charge in [0.05, 0.1) is 11.1 Å². The van der Waals surface area contributed by atoms with Crippen LogP contribution in [0.1, 0.15) is 17.4 Å². The smallest absolute Gasteiger partial charge is 0.453 e. The molecule has 0 spiro atoms. The fraction of sp³-hybridized carbons (Fsp3) is 0.167. The van der Waals surface area contributed by atoms with Crippen LogP contribution in [-0.2, 0) is 6.18 Å². The number of alkyl halides is 3. The van der Waals surface area contributed by atoms with E-state index >= 15 is 0 Å². The summed E-state index contributed by atoms with van der Waals surface area (Å²) in [6.07, 6.45) is -4.09. The van der Waals surface area contributed by atoms with Gasteiger partial charge in [-0.15, -0.1) is 5.10 Å².